The number of para-hydroxylation sites is 3. The van der Waals surface area contributed by atoms with Crippen molar-refractivity contribution in [2.75, 3.05) is 0 Å². The smallest absolute Gasteiger partial charge is 0.164 e. The van der Waals surface area contributed by atoms with Crippen molar-refractivity contribution in [2.45, 2.75) is 0 Å². The quantitative estimate of drug-likeness (QED) is 0.172. The molecule has 0 saturated carbocycles. The van der Waals surface area contributed by atoms with E-state index in [1.165, 1.54) is 0 Å². The Morgan fingerprint density at radius 1 is 0.262 bits per heavy atom. The van der Waals surface area contributed by atoms with Crippen molar-refractivity contribution in [3.63, 3.8) is 0 Å². The van der Waals surface area contributed by atoms with E-state index in [9.17, 15) is 0 Å². The van der Waals surface area contributed by atoms with Gasteiger partial charge in [0.2, 0.25) is 0 Å². The molecule has 6 heteroatoms. The van der Waals surface area contributed by atoms with Gasteiger partial charge in [-0.2, -0.15) is 0 Å². The lowest BCUT2D eigenvalue weighted by molar-refractivity contribution is 0.668. The zero-order valence-electron chi connectivity index (χ0n) is 34.6. The predicted octanol–water partition coefficient (Wildman–Crippen LogP) is 16.2. The number of aromatic nitrogens is 3. The Balaban J connectivity index is 0.960. The monoisotopic (exact) mass is 831 g/mol. The van der Waals surface area contributed by atoms with Gasteiger partial charge in [-0.25, -0.2) is 15.0 Å². The third kappa shape index (κ3) is 5.51. The molecule has 0 fully saturated rings. The second-order valence-electron chi connectivity index (χ2n) is 16.6. The molecule has 0 saturated heterocycles. The molecule has 4 aromatic heterocycles. The topological polar surface area (TPSA) is 78.1 Å². The molecule has 10 aromatic carbocycles. The van der Waals surface area contributed by atoms with Crippen molar-refractivity contribution >= 4 is 87.4 Å². The van der Waals surface area contributed by atoms with Crippen molar-refractivity contribution in [2.24, 2.45) is 0 Å². The number of furan rings is 3. The highest BCUT2D eigenvalue weighted by atomic mass is 16.3. The van der Waals surface area contributed by atoms with Gasteiger partial charge in [0.25, 0.3) is 0 Å². The second-order valence-corrected chi connectivity index (χ2v) is 16.6. The second kappa shape index (κ2) is 13.8. The molecule has 0 amide bonds. The molecule has 302 valence electrons. The summed E-state index contributed by atoms with van der Waals surface area (Å²) in [6, 6.07) is 69.2. The summed E-state index contributed by atoms with van der Waals surface area (Å²) in [5, 5.41) is 10.7. The largest absolute Gasteiger partial charge is 0.456 e. The van der Waals surface area contributed by atoms with Crippen molar-refractivity contribution in [1.82, 2.24) is 15.0 Å². The molecular formula is C59H33N3O3. The van der Waals surface area contributed by atoms with Crippen LogP contribution in [0.5, 0.6) is 0 Å². The Bertz CT molecular complexity index is 4270. The van der Waals surface area contributed by atoms with Gasteiger partial charge >= 0.3 is 0 Å². The van der Waals surface area contributed by atoms with Crippen LogP contribution in [0.3, 0.4) is 0 Å². The zero-order chi connectivity index (χ0) is 42.6. The first-order valence-corrected chi connectivity index (χ1v) is 21.7. The lowest BCUT2D eigenvalue weighted by Gasteiger charge is -2.14. The summed E-state index contributed by atoms with van der Waals surface area (Å²) in [5.74, 6) is 1.76. The van der Waals surface area contributed by atoms with Crippen LogP contribution in [-0.2, 0) is 0 Å². The van der Waals surface area contributed by atoms with E-state index >= 15 is 0 Å². The van der Waals surface area contributed by atoms with Crippen LogP contribution in [0.1, 0.15) is 0 Å². The maximum atomic E-state index is 6.82. The normalized spacial score (nSPS) is 12.0. The van der Waals surface area contributed by atoms with Crippen LogP contribution < -0.4 is 0 Å². The molecule has 0 radical (unpaired) electrons. The fourth-order valence-corrected chi connectivity index (χ4v) is 9.96. The van der Waals surface area contributed by atoms with Crippen LogP contribution in [0.25, 0.3) is 144 Å². The summed E-state index contributed by atoms with van der Waals surface area (Å²) in [7, 11) is 0. The lowest BCUT2D eigenvalue weighted by atomic mass is 9.91. The highest BCUT2D eigenvalue weighted by Crippen LogP contribution is 2.45. The van der Waals surface area contributed by atoms with Crippen molar-refractivity contribution in [3.05, 3.63) is 200 Å². The summed E-state index contributed by atoms with van der Waals surface area (Å²) in [6.07, 6.45) is 0. The lowest BCUT2D eigenvalue weighted by Crippen LogP contribution is -2.01. The molecule has 0 aliphatic rings. The fraction of sp³-hybridized carbons (Fsp3) is 0. The van der Waals surface area contributed by atoms with Gasteiger partial charge in [0.1, 0.15) is 33.5 Å². The molecule has 0 spiro atoms. The molecule has 4 heterocycles. The number of benzene rings is 10. The van der Waals surface area contributed by atoms with Crippen LogP contribution in [0, 0.1) is 0 Å². The predicted molar refractivity (Wildman–Crippen MR) is 264 cm³/mol. The maximum Gasteiger partial charge on any atom is 0.164 e. The minimum Gasteiger partial charge on any atom is -0.456 e. The summed E-state index contributed by atoms with van der Waals surface area (Å²) < 4.78 is 19.3. The molecule has 0 N–H and O–H groups in total. The van der Waals surface area contributed by atoms with Crippen LogP contribution in [0.2, 0.25) is 0 Å². The highest BCUT2D eigenvalue weighted by Gasteiger charge is 2.22. The molecule has 0 unspecified atom stereocenters. The van der Waals surface area contributed by atoms with Gasteiger partial charge in [0, 0.05) is 54.6 Å². The third-order valence-electron chi connectivity index (χ3n) is 13.0. The first-order chi connectivity index (χ1) is 32.2. The summed E-state index contributed by atoms with van der Waals surface area (Å²) in [6.45, 7) is 0. The molecule has 6 nitrogen and oxygen atoms in total. The van der Waals surface area contributed by atoms with Crippen LogP contribution in [-0.4, -0.2) is 15.0 Å². The number of rotatable bonds is 5. The Labute approximate surface area is 370 Å². The Morgan fingerprint density at radius 2 is 0.800 bits per heavy atom. The summed E-state index contributed by atoms with van der Waals surface area (Å²) >= 11 is 0. The van der Waals surface area contributed by atoms with Gasteiger partial charge in [0.15, 0.2) is 17.5 Å². The number of fused-ring (bicyclic) bond motifs is 11. The van der Waals surface area contributed by atoms with Gasteiger partial charge in [0.05, 0.1) is 0 Å². The average Bonchev–Trinajstić information content (AvgIpc) is 4.07. The number of nitrogens with zero attached hydrogens (tertiary/aromatic N) is 3. The highest BCUT2D eigenvalue weighted by molar-refractivity contribution is 6.19. The zero-order valence-corrected chi connectivity index (χ0v) is 34.6. The van der Waals surface area contributed by atoms with Crippen LogP contribution in [0.15, 0.2) is 213 Å². The van der Waals surface area contributed by atoms with E-state index in [4.69, 9.17) is 28.2 Å². The fourth-order valence-electron chi connectivity index (χ4n) is 9.96. The molecule has 0 atom stereocenters. The standard InChI is InChI=1S/C59H33N3O3/c1-2-13-35-32-37(27-26-34(35)12-1)57-60-58(62-59(61-57)47-21-11-24-52-55(47)45-17-6-8-23-50(45)64-52)44-30-29-41(39-14-3-4-15-40(39)44)43-19-10-25-53-54(43)46-20-9-18-38(56(46)65-53)36-28-31-51-48(33-36)42-16-5-7-22-49(42)63-51/h1-33H. The average molecular weight is 832 g/mol. The van der Waals surface area contributed by atoms with E-state index in [-0.39, 0.29) is 0 Å². The number of hydrogen-bond donors (Lipinski definition) is 0. The maximum absolute atomic E-state index is 6.82. The van der Waals surface area contributed by atoms with E-state index < -0.39 is 0 Å². The van der Waals surface area contributed by atoms with Gasteiger partial charge in [-0.1, -0.05) is 152 Å². The Kier molecular flexibility index (Phi) is 7.59. The van der Waals surface area contributed by atoms with E-state index in [1.54, 1.807) is 0 Å². The first kappa shape index (κ1) is 35.7. The first-order valence-electron chi connectivity index (χ1n) is 21.7. The van der Waals surface area contributed by atoms with Gasteiger partial charge in [-0.15, -0.1) is 0 Å². The third-order valence-corrected chi connectivity index (χ3v) is 13.0. The molecule has 65 heavy (non-hydrogen) atoms. The molecule has 14 aromatic rings. The van der Waals surface area contributed by atoms with Gasteiger partial charge < -0.3 is 13.3 Å². The van der Waals surface area contributed by atoms with E-state index in [1.807, 2.05) is 42.5 Å². The van der Waals surface area contributed by atoms with E-state index in [0.717, 1.165) is 126 Å². The molecule has 14 rings (SSSR count). The van der Waals surface area contributed by atoms with Crippen LogP contribution in [0.4, 0.5) is 0 Å². The minimum absolute atomic E-state index is 0.578. The van der Waals surface area contributed by atoms with Crippen molar-refractivity contribution < 1.29 is 13.3 Å². The molecular weight excluding hydrogens is 799 g/mol. The van der Waals surface area contributed by atoms with E-state index in [0.29, 0.717) is 17.5 Å². The Morgan fingerprint density at radius 3 is 1.65 bits per heavy atom. The summed E-state index contributed by atoms with van der Waals surface area (Å²) in [5.41, 5.74) is 12.0. The van der Waals surface area contributed by atoms with Gasteiger partial charge in [-0.05, 0) is 86.8 Å². The van der Waals surface area contributed by atoms with Crippen molar-refractivity contribution in [1.29, 1.82) is 0 Å². The molecule has 0 aliphatic heterocycles. The molecule has 0 bridgehead atoms. The van der Waals surface area contributed by atoms with Crippen LogP contribution >= 0.6 is 0 Å². The molecule has 0 aliphatic carbocycles. The van der Waals surface area contributed by atoms with Gasteiger partial charge in [-0.3, -0.25) is 0 Å². The van der Waals surface area contributed by atoms with Crippen molar-refractivity contribution in [3.8, 4) is 56.4 Å². The Hall–Kier alpha value is -8.87. The SMILES string of the molecule is c1ccc2cc(-c3nc(-c4ccc(-c5cccc6oc7c(-c8ccc9oc%10ccccc%10c9c8)cccc7c56)c5ccccc45)nc(-c4cccc5oc6ccccc6c45)n3)ccc2c1. The minimum atomic E-state index is 0.578. The number of hydrogen-bond acceptors (Lipinski definition) is 6. The van der Waals surface area contributed by atoms with E-state index in [2.05, 4.69) is 158 Å². The summed E-state index contributed by atoms with van der Waals surface area (Å²) in [4.78, 5) is 15.8.